The van der Waals surface area contributed by atoms with Gasteiger partial charge in [-0.3, -0.25) is 14.5 Å². The molecule has 1 N–H and O–H groups in total. The van der Waals surface area contributed by atoms with Crippen LogP contribution in [0.15, 0.2) is 10.2 Å². The number of rotatable bonds is 3. The van der Waals surface area contributed by atoms with Gasteiger partial charge >= 0.3 is 10.9 Å². The van der Waals surface area contributed by atoms with Gasteiger partial charge in [-0.15, -0.1) is 0 Å². The monoisotopic (exact) mass is 313 g/mol. The van der Waals surface area contributed by atoms with Crippen LogP contribution in [-0.2, 0) is 11.3 Å². The summed E-state index contributed by atoms with van der Waals surface area (Å²) in [6, 6.07) is -0.335. The summed E-state index contributed by atoms with van der Waals surface area (Å²) in [6.45, 7) is 2.45. The third kappa shape index (κ3) is 2.07. The van der Waals surface area contributed by atoms with Gasteiger partial charge in [0.15, 0.2) is 0 Å². The minimum absolute atomic E-state index is 0.0549. The van der Waals surface area contributed by atoms with Crippen LogP contribution in [0, 0.1) is 6.92 Å². The standard InChI is InChI=1S/C12H15N3O3S2/c1-8-6-20-11(18)14(8)3-4-15-9(16)12(13-10(15)17)2-5-19-7-12/h6H,2-5,7H2,1H3,(H,13,17). The van der Waals surface area contributed by atoms with Crippen LogP contribution in [0.25, 0.3) is 0 Å². The first-order chi connectivity index (χ1) is 9.53. The van der Waals surface area contributed by atoms with E-state index in [-0.39, 0.29) is 23.4 Å². The van der Waals surface area contributed by atoms with E-state index in [0.717, 1.165) is 22.8 Å². The number of nitrogens with zero attached hydrogens (tertiary/aromatic N) is 2. The van der Waals surface area contributed by atoms with Crippen LogP contribution in [0.4, 0.5) is 4.79 Å². The van der Waals surface area contributed by atoms with Gasteiger partial charge in [0.1, 0.15) is 5.54 Å². The third-order valence-corrected chi connectivity index (χ3v) is 5.86. The van der Waals surface area contributed by atoms with Gasteiger partial charge in [0.25, 0.3) is 5.91 Å². The molecule has 0 saturated carbocycles. The van der Waals surface area contributed by atoms with Gasteiger partial charge in [-0.1, -0.05) is 11.3 Å². The average molecular weight is 313 g/mol. The van der Waals surface area contributed by atoms with Crippen molar-refractivity contribution < 1.29 is 9.59 Å². The maximum atomic E-state index is 12.4. The van der Waals surface area contributed by atoms with Crippen LogP contribution < -0.4 is 10.2 Å². The lowest BCUT2D eigenvalue weighted by Crippen LogP contribution is -2.47. The fourth-order valence-corrected chi connectivity index (χ4v) is 4.67. The van der Waals surface area contributed by atoms with Crippen molar-refractivity contribution in [3.8, 4) is 0 Å². The largest absolute Gasteiger partial charge is 0.325 e. The summed E-state index contributed by atoms with van der Waals surface area (Å²) in [7, 11) is 0. The molecule has 0 bridgehead atoms. The van der Waals surface area contributed by atoms with Crippen LogP contribution >= 0.6 is 23.1 Å². The summed E-state index contributed by atoms with van der Waals surface area (Å²) in [6.07, 6.45) is 0.691. The lowest BCUT2D eigenvalue weighted by molar-refractivity contribution is -0.130. The first kappa shape index (κ1) is 13.7. The molecule has 2 saturated heterocycles. The van der Waals surface area contributed by atoms with Crippen molar-refractivity contribution in [1.82, 2.24) is 14.8 Å². The number of aromatic nitrogens is 1. The predicted octanol–water partition coefficient (Wildman–Crippen LogP) is 0.646. The number of hydrogen-bond donors (Lipinski definition) is 1. The molecule has 1 spiro atoms. The Labute approximate surface area is 124 Å². The van der Waals surface area contributed by atoms with Crippen LogP contribution in [0.1, 0.15) is 12.1 Å². The second-order valence-corrected chi connectivity index (χ2v) is 6.99. The summed E-state index contributed by atoms with van der Waals surface area (Å²) in [5, 5.41) is 4.60. The van der Waals surface area contributed by atoms with Gasteiger partial charge in [0.05, 0.1) is 0 Å². The normalized spacial score (nSPS) is 25.8. The Bertz CT molecular complexity index is 616. The highest BCUT2D eigenvalue weighted by molar-refractivity contribution is 7.99. The molecule has 3 rings (SSSR count). The van der Waals surface area contributed by atoms with Crippen LogP contribution in [-0.4, -0.2) is 45.0 Å². The quantitative estimate of drug-likeness (QED) is 0.832. The average Bonchev–Trinajstić information content (AvgIpc) is 3.05. The first-order valence-corrected chi connectivity index (χ1v) is 8.44. The number of carbonyl (C=O) groups excluding carboxylic acids is 2. The first-order valence-electron chi connectivity index (χ1n) is 6.40. The molecule has 20 heavy (non-hydrogen) atoms. The predicted molar refractivity (Wildman–Crippen MR) is 78.2 cm³/mol. The van der Waals surface area contributed by atoms with E-state index < -0.39 is 5.54 Å². The molecule has 6 nitrogen and oxygen atoms in total. The molecule has 2 aliphatic heterocycles. The molecule has 1 atom stereocenters. The molecule has 1 aromatic heterocycles. The number of nitrogens with one attached hydrogen (secondary N) is 1. The number of urea groups is 1. The van der Waals surface area contributed by atoms with E-state index in [1.807, 2.05) is 6.92 Å². The molecule has 1 unspecified atom stereocenters. The molecule has 2 fully saturated rings. The van der Waals surface area contributed by atoms with E-state index in [1.165, 1.54) is 4.90 Å². The Balaban J connectivity index is 1.73. The van der Waals surface area contributed by atoms with Gasteiger partial charge in [-0.2, -0.15) is 11.8 Å². The molecule has 1 aromatic rings. The lowest BCUT2D eigenvalue weighted by atomic mass is 9.99. The molecular weight excluding hydrogens is 298 g/mol. The maximum absolute atomic E-state index is 12.4. The summed E-state index contributed by atoms with van der Waals surface area (Å²) in [5.74, 6) is 1.39. The lowest BCUT2D eigenvalue weighted by Gasteiger charge is -2.19. The summed E-state index contributed by atoms with van der Waals surface area (Å²) < 4.78 is 1.60. The Hall–Kier alpha value is -1.28. The van der Waals surface area contributed by atoms with E-state index in [0.29, 0.717) is 18.7 Å². The number of carbonyl (C=O) groups is 2. The highest BCUT2D eigenvalue weighted by Crippen LogP contribution is 2.33. The molecular formula is C12H15N3O3S2. The van der Waals surface area contributed by atoms with Crippen LogP contribution in [0.5, 0.6) is 0 Å². The maximum Gasteiger partial charge on any atom is 0.325 e. The molecule has 3 heterocycles. The summed E-state index contributed by atoms with van der Waals surface area (Å²) in [5.41, 5.74) is 0.161. The topological polar surface area (TPSA) is 71.4 Å². The molecule has 2 aliphatic rings. The van der Waals surface area contributed by atoms with Gasteiger partial charge in [0.2, 0.25) is 0 Å². The highest BCUT2D eigenvalue weighted by Gasteiger charge is 2.52. The van der Waals surface area contributed by atoms with Crippen LogP contribution in [0.3, 0.4) is 0 Å². The summed E-state index contributed by atoms with van der Waals surface area (Å²) in [4.78, 5) is 37.2. The Morgan fingerprint density at radius 2 is 2.15 bits per heavy atom. The van der Waals surface area contributed by atoms with Crippen molar-refractivity contribution in [3.63, 3.8) is 0 Å². The van der Waals surface area contributed by atoms with Gasteiger partial charge in [-0.05, 0) is 19.1 Å². The fourth-order valence-electron chi connectivity index (χ4n) is 2.59. The number of amides is 3. The van der Waals surface area contributed by atoms with E-state index in [4.69, 9.17) is 0 Å². The molecule has 8 heteroatoms. The van der Waals surface area contributed by atoms with E-state index in [2.05, 4.69) is 5.32 Å². The summed E-state index contributed by atoms with van der Waals surface area (Å²) >= 11 is 2.82. The molecule has 0 aliphatic carbocycles. The third-order valence-electron chi connectivity index (χ3n) is 3.79. The SMILES string of the molecule is Cc1csc(=O)n1CCN1C(=O)NC2(CCSC2)C1=O. The zero-order chi connectivity index (χ0) is 14.3. The Morgan fingerprint density at radius 3 is 2.75 bits per heavy atom. The Kier molecular flexibility index (Phi) is 3.37. The van der Waals surface area contributed by atoms with Gasteiger partial charge < -0.3 is 9.88 Å². The number of hydrogen-bond acceptors (Lipinski definition) is 5. The molecule has 108 valence electrons. The van der Waals surface area contributed by atoms with Crippen molar-refractivity contribution in [2.45, 2.75) is 25.4 Å². The van der Waals surface area contributed by atoms with Crippen molar-refractivity contribution >= 4 is 35.0 Å². The zero-order valence-corrected chi connectivity index (χ0v) is 12.7. The van der Waals surface area contributed by atoms with Crippen molar-refractivity contribution in [2.24, 2.45) is 0 Å². The fraction of sp³-hybridized carbons (Fsp3) is 0.583. The molecule has 3 amide bonds. The number of imide groups is 1. The minimum atomic E-state index is -0.698. The smallest absolute Gasteiger partial charge is 0.322 e. The zero-order valence-electron chi connectivity index (χ0n) is 11.0. The van der Waals surface area contributed by atoms with Crippen molar-refractivity contribution in [2.75, 3.05) is 18.1 Å². The van der Waals surface area contributed by atoms with E-state index in [9.17, 15) is 14.4 Å². The number of thiazole rings is 1. The molecule has 0 radical (unpaired) electrons. The van der Waals surface area contributed by atoms with Crippen LogP contribution in [0.2, 0.25) is 0 Å². The van der Waals surface area contributed by atoms with Crippen molar-refractivity contribution in [1.29, 1.82) is 0 Å². The second kappa shape index (κ2) is 4.92. The van der Waals surface area contributed by atoms with Crippen molar-refractivity contribution in [3.05, 3.63) is 20.7 Å². The highest BCUT2D eigenvalue weighted by atomic mass is 32.2. The van der Waals surface area contributed by atoms with Gasteiger partial charge in [-0.25, -0.2) is 4.79 Å². The van der Waals surface area contributed by atoms with Gasteiger partial charge in [0, 0.05) is 29.9 Å². The number of aryl methyl sites for hydroxylation is 1. The van der Waals surface area contributed by atoms with E-state index >= 15 is 0 Å². The Morgan fingerprint density at radius 1 is 1.35 bits per heavy atom. The van der Waals surface area contributed by atoms with E-state index in [1.54, 1.807) is 21.7 Å². The second-order valence-electron chi connectivity index (χ2n) is 5.07. The molecule has 0 aromatic carbocycles. The minimum Gasteiger partial charge on any atom is -0.322 e. The number of thioether (sulfide) groups is 1.